The SMILES string of the molecule is CCCNC(=O)C(C)OC(=O)c1cnn(Cc2ccccc2Cl)c1. The van der Waals surface area contributed by atoms with Crippen LogP contribution in [-0.4, -0.2) is 34.3 Å². The number of nitrogens with one attached hydrogen (secondary N) is 1. The van der Waals surface area contributed by atoms with Gasteiger partial charge in [0, 0.05) is 17.8 Å². The van der Waals surface area contributed by atoms with Gasteiger partial charge in [-0.05, 0) is 25.0 Å². The lowest BCUT2D eigenvalue weighted by molar-refractivity contribution is -0.129. The summed E-state index contributed by atoms with van der Waals surface area (Å²) in [6.45, 7) is 4.48. The fourth-order valence-electron chi connectivity index (χ4n) is 2.03. The molecule has 2 aromatic rings. The van der Waals surface area contributed by atoms with Crippen LogP contribution in [0, 0.1) is 0 Å². The first-order valence-electron chi connectivity index (χ1n) is 7.75. The Labute approximate surface area is 145 Å². The zero-order valence-corrected chi connectivity index (χ0v) is 14.4. The molecule has 0 saturated carbocycles. The van der Waals surface area contributed by atoms with Crippen molar-refractivity contribution in [3.8, 4) is 0 Å². The van der Waals surface area contributed by atoms with Crippen molar-refractivity contribution in [2.24, 2.45) is 0 Å². The van der Waals surface area contributed by atoms with E-state index in [1.807, 2.05) is 25.1 Å². The lowest BCUT2D eigenvalue weighted by Gasteiger charge is -2.12. The van der Waals surface area contributed by atoms with Crippen LogP contribution in [0.3, 0.4) is 0 Å². The van der Waals surface area contributed by atoms with Crippen molar-refractivity contribution in [3.63, 3.8) is 0 Å². The Kier molecular flexibility index (Phi) is 6.37. The number of nitrogens with zero attached hydrogens (tertiary/aromatic N) is 2. The Bertz CT molecular complexity index is 715. The smallest absolute Gasteiger partial charge is 0.342 e. The van der Waals surface area contributed by atoms with Gasteiger partial charge in [0.1, 0.15) is 0 Å². The fourth-order valence-corrected chi connectivity index (χ4v) is 2.23. The Morgan fingerprint density at radius 3 is 2.83 bits per heavy atom. The van der Waals surface area contributed by atoms with Crippen LogP contribution in [0.5, 0.6) is 0 Å². The Morgan fingerprint density at radius 1 is 1.38 bits per heavy atom. The summed E-state index contributed by atoms with van der Waals surface area (Å²) in [6, 6.07) is 7.42. The highest BCUT2D eigenvalue weighted by Gasteiger charge is 2.19. The van der Waals surface area contributed by atoms with Crippen LogP contribution in [0.4, 0.5) is 0 Å². The van der Waals surface area contributed by atoms with Crippen molar-refractivity contribution < 1.29 is 14.3 Å². The van der Waals surface area contributed by atoms with E-state index in [0.717, 1.165) is 12.0 Å². The van der Waals surface area contributed by atoms with E-state index in [4.69, 9.17) is 16.3 Å². The van der Waals surface area contributed by atoms with Gasteiger partial charge in [0.2, 0.25) is 0 Å². The number of halogens is 1. The van der Waals surface area contributed by atoms with Crippen LogP contribution in [-0.2, 0) is 16.1 Å². The molecule has 1 heterocycles. The Hall–Kier alpha value is -2.34. The minimum atomic E-state index is -0.851. The van der Waals surface area contributed by atoms with Gasteiger partial charge in [-0.15, -0.1) is 0 Å². The molecular weight excluding hydrogens is 330 g/mol. The molecule has 0 saturated heterocycles. The number of aromatic nitrogens is 2. The first kappa shape index (κ1) is 18.0. The van der Waals surface area contributed by atoms with Gasteiger partial charge in [-0.2, -0.15) is 5.10 Å². The highest BCUT2D eigenvalue weighted by atomic mass is 35.5. The number of esters is 1. The third-order valence-corrected chi connectivity index (χ3v) is 3.73. The van der Waals surface area contributed by atoms with E-state index in [2.05, 4.69) is 10.4 Å². The summed E-state index contributed by atoms with van der Waals surface area (Å²) in [4.78, 5) is 23.8. The maximum Gasteiger partial charge on any atom is 0.342 e. The predicted octanol–water partition coefficient (Wildman–Crippen LogP) is 2.66. The maximum atomic E-state index is 12.1. The molecule has 0 spiro atoms. The molecule has 0 fully saturated rings. The molecule has 0 radical (unpaired) electrons. The van der Waals surface area contributed by atoms with E-state index >= 15 is 0 Å². The van der Waals surface area contributed by atoms with Crippen molar-refractivity contribution in [1.29, 1.82) is 0 Å². The van der Waals surface area contributed by atoms with Crippen molar-refractivity contribution in [2.45, 2.75) is 32.9 Å². The lowest BCUT2D eigenvalue weighted by atomic mass is 10.2. The second kappa shape index (κ2) is 8.49. The van der Waals surface area contributed by atoms with Crippen molar-refractivity contribution >= 4 is 23.5 Å². The van der Waals surface area contributed by atoms with Crippen molar-refractivity contribution in [3.05, 3.63) is 52.8 Å². The summed E-state index contributed by atoms with van der Waals surface area (Å²) in [5.74, 6) is -0.895. The van der Waals surface area contributed by atoms with Gasteiger partial charge >= 0.3 is 5.97 Å². The largest absolute Gasteiger partial charge is 0.449 e. The van der Waals surface area contributed by atoms with Gasteiger partial charge < -0.3 is 10.1 Å². The van der Waals surface area contributed by atoms with E-state index in [-0.39, 0.29) is 11.5 Å². The van der Waals surface area contributed by atoms with Crippen LogP contribution >= 0.6 is 11.6 Å². The molecule has 1 atom stereocenters. The molecule has 0 aliphatic heterocycles. The summed E-state index contributed by atoms with van der Waals surface area (Å²) in [7, 11) is 0. The molecule has 0 aliphatic rings. The highest BCUT2D eigenvalue weighted by molar-refractivity contribution is 6.31. The van der Waals surface area contributed by atoms with Gasteiger partial charge in [0.25, 0.3) is 5.91 Å². The number of carbonyl (C=O) groups is 2. The molecule has 0 bridgehead atoms. The van der Waals surface area contributed by atoms with Gasteiger partial charge in [-0.3, -0.25) is 9.48 Å². The number of rotatable bonds is 7. The average molecular weight is 350 g/mol. The van der Waals surface area contributed by atoms with E-state index in [9.17, 15) is 9.59 Å². The third kappa shape index (κ3) is 4.83. The number of benzene rings is 1. The third-order valence-electron chi connectivity index (χ3n) is 3.36. The molecule has 24 heavy (non-hydrogen) atoms. The molecule has 2 rings (SSSR count). The quantitative estimate of drug-likeness (QED) is 0.780. The molecule has 7 heteroatoms. The van der Waals surface area contributed by atoms with E-state index in [0.29, 0.717) is 18.1 Å². The second-order valence-corrected chi connectivity index (χ2v) is 5.76. The highest BCUT2D eigenvalue weighted by Crippen LogP contribution is 2.16. The number of hydrogen-bond acceptors (Lipinski definition) is 4. The summed E-state index contributed by atoms with van der Waals surface area (Å²) in [6.07, 6.45) is 2.95. The molecule has 1 unspecified atom stereocenters. The van der Waals surface area contributed by atoms with Gasteiger partial charge in [-0.25, -0.2) is 4.79 Å². The molecule has 0 aliphatic carbocycles. The number of amides is 1. The second-order valence-electron chi connectivity index (χ2n) is 5.36. The minimum absolute atomic E-state index is 0.289. The van der Waals surface area contributed by atoms with Crippen LogP contribution in [0.2, 0.25) is 5.02 Å². The topological polar surface area (TPSA) is 73.2 Å². The standard InChI is InChI=1S/C17H20ClN3O3/c1-3-8-19-16(22)12(2)24-17(23)14-9-20-21(11-14)10-13-6-4-5-7-15(13)18/h4-7,9,11-12H,3,8,10H2,1-2H3,(H,19,22). The van der Waals surface area contributed by atoms with Crippen LogP contribution < -0.4 is 5.32 Å². The van der Waals surface area contributed by atoms with Gasteiger partial charge in [-0.1, -0.05) is 36.7 Å². The molecule has 128 valence electrons. The zero-order valence-electron chi connectivity index (χ0n) is 13.7. The van der Waals surface area contributed by atoms with Crippen molar-refractivity contribution in [1.82, 2.24) is 15.1 Å². The molecule has 1 aromatic heterocycles. The van der Waals surface area contributed by atoms with E-state index in [1.165, 1.54) is 13.1 Å². The molecule has 1 amide bonds. The summed E-state index contributed by atoms with van der Waals surface area (Å²) in [5, 5.41) is 7.45. The first-order chi connectivity index (χ1) is 11.5. The number of ether oxygens (including phenoxy) is 1. The molecular formula is C17H20ClN3O3. The summed E-state index contributed by atoms with van der Waals surface area (Å²) >= 11 is 6.11. The van der Waals surface area contributed by atoms with Crippen LogP contribution in [0.25, 0.3) is 0 Å². The van der Waals surface area contributed by atoms with E-state index in [1.54, 1.807) is 16.9 Å². The first-order valence-corrected chi connectivity index (χ1v) is 8.13. The van der Waals surface area contributed by atoms with Crippen LogP contribution in [0.1, 0.15) is 36.2 Å². The predicted molar refractivity (Wildman–Crippen MR) is 91.0 cm³/mol. The normalized spacial score (nSPS) is 11.8. The van der Waals surface area contributed by atoms with Gasteiger partial charge in [0.15, 0.2) is 6.10 Å². The summed E-state index contributed by atoms with van der Waals surface area (Å²) in [5.41, 5.74) is 1.19. The van der Waals surface area contributed by atoms with Gasteiger partial charge in [0.05, 0.1) is 18.3 Å². The van der Waals surface area contributed by atoms with Crippen molar-refractivity contribution in [2.75, 3.05) is 6.54 Å². The Balaban J connectivity index is 1.96. The minimum Gasteiger partial charge on any atom is -0.449 e. The number of carbonyl (C=O) groups excluding carboxylic acids is 2. The molecule has 1 aromatic carbocycles. The zero-order chi connectivity index (χ0) is 17.5. The van der Waals surface area contributed by atoms with E-state index < -0.39 is 12.1 Å². The van der Waals surface area contributed by atoms with Crippen LogP contribution in [0.15, 0.2) is 36.7 Å². The maximum absolute atomic E-state index is 12.1. The summed E-state index contributed by atoms with van der Waals surface area (Å²) < 4.78 is 6.75. The number of hydrogen-bond donors (Lipinski definition) is 1. The molecule has 6 nitrogen and oxygen atoms in total. The lowest BCUT2D eigenvalue weighted by Crippen LogP contribution is -2.36. The fraction of sp³-hybridized carbons (Fsp3) is 0.353. The Morgan fingerprint density at radius 2 is 2.12 bits per heavy atom. The average Bonchev–Trinajstić information content (AvgIpc) is 3.03. The monoisotopic (exact) mass is 349 g/mol. The molecule has 1 N–H and O–H groups in total.